The Kier molecular flexibility index (Phi) is 6.81. The van der Waals surface area contributed by atoms with Crippen LogP contribution in [0.4, 0.5) is 4.79 Å². The summed E-state index contributed by atoms with van der Waals surface area (Å²) in [6.07, 6.45) is 1.79. The molecule has 1 aromatic rings. The summed E-state index contributed by atoms with van der Waals surface area (Å²) in [6.45, 7) is 0.167. The molecule has 1 aromatic carbocycles. The van der Waals surface area contributed by atoms with Crippen LogP contribution >= 0.6 is 11.8 Å². The zero-order chi connectivity index (χ0) is 14.1. The van der Waals surface area contributed by atoms with Gasteiger partial charge < -0.3 is 15.8 Å². The Morgan fingerprint density at radius 3 is 2.63 bits per heavy atom. The summed E-state index contributed by atoms with van der Waals surface area (Å²) < 4.78 is 5.02. The van der Waals surface area contributed by atoms with Crippen LogP contribution in [0, 0.1) is 0 Å². The van der Waals surface area contributed by atoms with E-state index in [4.69, 9.17) is 10.5 Å². The second kappa shape index (κ2) is 8.42. The maximum Gasteiger partial charge on any atom is 0.408 e. The number of benzene rings is 1. The summed E-state index contributed by atoms with van der Waals surface area (Å²) in [5, 5.41) is 2.47. The van der Waals surface area contributed by atoms with Crippen molar-refractivity contribution in [3.05, 3.63) is 35.9 Å². The van der Waals surface area contributed by atoms with E-state index >= 15 is 0 Å². The average molecular weight is 282 g/mol. The summed E-state index contributed by atoms with van der Waals surface area (Å²) in [5.74, 6) is 0.192. The summed E-state index contributed by atoms with van der Waals surface area (Å²) >= 11 is 1.58. The van der Waals surface area contributed by atoms with E-state index in [1.54, 1.807) is 11.8 Å². The van der Waals surface area contributed by atoms with Crippen LogP contribution in [0.3, 0.4) is 0 Å². The van der Waals surface area contributed by atoms with Gasteiger partial charge in [-0.3, -0.25) is 4.79 Å². The second-order valence-corrected chi connectivity index (χ2v) is 4.93. The van der Waals surface area contributed by atoms with E-state index in [1.165, 1.54) is 0 Å². The largest absolute Gasteiger partial charge is 0.445 e. The quantitative estimate of drug-likeness (QED) is 0.794. The van der Waals surface area contributed by atoms with Crippen LogP contribution in [0.2, 0.25) is 0 Å². The van der Waals surface area contributed by atoms with E-state index in [0.717, 1.165) is 11.3 Å². The van der Waals surface area contributed by atoms with Crippen molar-refractivity contribution in [2.45, 2.75) is 19.1 Å². The Bertz CT molecular complexity index is 412. The van der Waals surface area contributed by atoms with Crippen molar-refractivity contribution < 1.29 is 14.3 Å². The van der Waals surface area contributed by atoms with Crippen molar-refractivity contribution in [2.24, 2.45) is 5.73 Å². The molecule has 0 spiro atoms. The van der Waals surface area contributed by atoms with Crippen molar-refractivity contribution in [1.82, 2.24) is 5.32 Å². The van der Waals surface area contributed by atoms with Gasteiger partial charge in [-0.25, -0.2) is 4.79 Å². The van der Waals surface area contributed by atoms with E-state index in [2.05, 4.69) is 5.32 Å². The van der Waals surface area contributed by atoms with Crippen LogP contribution < -0.4 is 11.1 Å². The molecule has 0 fully saturated rings. The summed E-state index contributed by atoms with van der Waals surface area (Å²) in [4.78, 5) is 22.7. The normalized spacial score (nSPS) is 11.6. The molecule has 3 N–H and O–H groups in total. The van der Waals surface area contributed by atoms with Gasteiger partial charge in [-0.05, 0) is 24.0 Å². The van der Waals surface area contributed by atoms with Gasteiger partial charge in [0.15, 0.2) is 0 Å². The molecule has 0 unspecified atom stereocenters. The Morgan fingerprint density at radius 1 is 1.37 bits per heavy atom. The lowest BCUT2D eigenvalue weighted by Gasteiger charge is -2.14. The highest BCUT2D eigenvalue weighted by Gasteiger charge is 2.18. The summed E-state index contributed by atoms with van der Waals surface area (Å²) in [7, 11) is 0. The van der Waals surface area contributed by atoms with Gasteiger partial charge >= 0.3 is 6.09 Å². The molecule has 104 valence electrons. The molecule has 1 atom stereocenters. The molecule has 0 aliphatic heterocycles. The first-order valence-corrected chi connectivity index (χ1v) is 7.28. The van der Waals surface area contributed by atoms with Crippen molar-refractivity contribution >= 4 is 23.8 Å². The monoisotopic (exact) mass is 282 g/mol. The highest BCUT2D eigenvalue weighted by Crippen LogP contribution is 2.03. The number of ether oxygens (including phenoxy) is 1. The van der Waals surface area contributed by atoms with Crippen LogP contribution in [-0.4, -0.2) is 30.1 Å². The molecule has 0 aromatic heterocycles. The van der Waals surface area contributed by atoms with Crippen molar-refractivity contribution in [1.29, 1.82) is 0 Å². The molecule has 0 radical (unpaired) electrons. The number of primary amides is 1. The highest BCUT2D eigenvalue weighted by atomic mass is 32.2. The van der Waals surface area contributed by atoms with Crippen molar-refractivity contribution in [3.63, 3.8) is 0 Å². The van der Waals surface area contributed by atoms with Gasteiger partial charge in [0.1, 0.15) is 12.6 Å². The fourth-order valence-electron chi connectivity index (χ4n) is 1.43. The summed E-state index contributed by atoms with van der Waals surface area (Å²) in [6, 6.07) is 8.63. The number of carbonyl (C=O) groups is 2. The number of carbonyl (C=O) groups excluding carboxylic acids is 2. The third kappa shape index (κ3) is 6.15. The molecule has 1 rings (SSSR count). The van der Waals surface area contributed by atoms with E-state index in [-0.39, 0.29) is 6.61 Å². The molecule has 0 saturated heterocycles. The van der Waals surface area contributed by atoms with Crippen LogP contribution in [0.1, 0.15) is 12.0 Å². The molecule has 2 amide bonds. The van der Waals surface area contributed by atoms with Crippen LogP contribution in [-0.2, 0) is 16.1 Å². The third-order valence-corrected chi connectivity index (χ3v) is 3.10. The van der Waals surface area contributed by atoms with Crippen LogP contribution in [0.25, 0.3) is 0 Å². The number of hydrogen-bond donors (Lipinski definition) is 2. The smallest absolute Gasteiger partial charge is 0.408 e. The fourth-order valence-corrected chi connectivity index (χ4v) is 1.90. The van der Waals surface area contributed by atoms with Crippen LogP contribution in [0.5, 0.6) is 0 Å². The topological polar surface area (TPSA) is 81.4 Å². The number of hydrogen-bond acceptors (Lipinski definition) is 4. The number of rotatable bonds is 7. The molecule has 0 saturated carbocycles. The molecular weight excluding hydrogens is 264 g/mol. The number of nitrogens with two attached hydrogens (primary N) is 1. The lowest BCUT2D eigenvalue weighted by molar-refractivity contribution is -0.120. The Balaban J connectivity index is 2.38. The Hall–Kier alpha value is -1.69. The predicted molar refractivity (Wildman–Crippen MR) is 75.7 cm³/mol. The van der Waals surface area contributed by atoms with Gasteiger partial charge in [0, 0.05) is 0 Å². The Labute approximate surface area is 116 Å². The molecule has 0 bridgehead atoms. The van der Waals surface area contributed by atoms with Gasteiger partial charge in [0.05, 0.1) is 0 Å². The molecule has 0 aliphatic rings. The minimum atomic E-state index is -0.685. The van der Waals surface area contributed by atoms with Crippen LogP contribution in [0.15, 0.2) is 30.3 Å². The molecule has 5 nitrogen and oxygen atoms in total. The standard InChI is InChI=1S/C13H18N2O3S/c1-19-8-7-11(12(14)16)15-13(17)18-9-10-5-3-2-4-6-10/h2-6,11H,7-9H2,1H3,(H2,14,16)(H,15,17)/t11-/m0/s1. The van der Waals surface area contributed by atoms with Crippen molar-refractivity contribution in [2.75, 3.05) is 12.0 Å². The maximum absolute atomic E-state index is 11.5. The molecule has 0 heterocycles. The first kappa shape index (κ1) is 15.4. The zero-order valence-electron chi connectivity index (χ0n) is 10.8. The molecular formula is C13H18N2O3S. The molecule has 19 heavy (non-hydrogen) atoms. The lowest BCUT2D eigenvalue weighted by atomic mass is 10.2. The van der Waals surface area contributed by atoms with Gasteiger partial charge in [-0.2, -0.15) is 11.8 Å². The minimum Gasteiger partial charge on any atom is -0.445 e. The van der Waals surface area contributed by atoms with Gasteiger partial charge in [0.25, 0.3) is 0 Å². The third-order valence-electron chi connectivity index (χ3n) is 2.46. The lowest BCUT2D eigenvalue weighted by Crippen LogP contribution is -2.44. The van der Waals surface area contributed by atoms with Gasteiger partial charge in [0.2, 0.25) is 5.91 Å². The molecule has 6 heteroatoms. The fraction of sp³-hybridized carbons (Fsp3) is 0.385. The molecule has 0 aliphatic carbocycles. The number of amides is 2. The number of nitrogens with one attached hydrogen (secondary N) is 1. The Morgan fingerprint density at radius 2 is 2.05 bits per heavy atom. The first-order valence-electron chi connectivity index (χ1n) is 5.89. The number of thioether (sulfide) groups is 1. The highest BCUT2D eigenvalue weighted by molar-refractivity contribution is 7.98. The van der Waals surface area contributed by atoms with Gasteiger partial charge in [-0.1, -0.05) is 30.3 Å². The SMILES string of the molecule is CSCC[C@H](NC(=O)OCc1ccccc1)C(N)=O. The first-order chi connectivity index (χ1) is 9.13. The maximum atomic E-state index is 11.5. The van der Waals surface area contributed by atoms with E-state index in [0.29, 0.717) is 6.42 Å². The average Bonchev–Trinajstić information content (AvgIpc) is 2.42. The minimum absolute atomic E-state index is 0.167. The van der Waals surface area contributed by atoms with Gasteiger partial charge in [-0.15, -0.1) is 0 Å². The number of alkyl carbamates (subject to hydrolysis) is 1. The van der Waals surface area contributed by atoms with E-state index in [9.17, 15) is 9.59 Å². The second-order valence-electron chi connectivity index (χ2n) is 3.94. The zero-order valence-corrected chi connectivity index (χ0v) is 11.6. The summed E-state index contributed by atoms with van der Waals surface area (Å²) in [5.41, 5.74) is 6.10. The van der Waals surface area contributed by atoms with E-state index in [1.807, 2.05) is 36.6 Å². The van der Waals surface area contributed by atoms with E-state index < -0.39 is 18.0 Å². The van der Waals surface area contributed by atoms with Crippen molar-refractivity contribution in [3.8, 4) is 0 Å². The predicted octanol–water partition coefficient (Wildman–Crippen LogP) is 1.52.